The lowest BCUT2D eigenvalue weighted by atomic mass is 10.2. The smallest absolute Gasteiger partial charge is 0.429 e. The number of benzene rings is 2. The van der Waals surface area contributed by atoms with Gasteiger partial charge in [0.1, 0.15) is 20.4 Å². The summed E-state index contributed by atoms with van der Waals surface area (Å²) in [4.78, 5) is 46.9. The fourth-order valence-corrected chi connectivity index (χ4v) is 9.15. The Hall–Kier alpha value is -3.65. The van der Waals surface area contributed by atoms with Crippen LogP contribution in [0.3, 0.4) is 0 Å². The van der Waals surface area contributed by atoms with Crippen LogP contribution in [0, 0.1) is 20.2 Å². The van der Waals surface area contributed by atoms with Crippen LogP contribution in [-0.4, -0.2) is 57.6 Å². The van der Waals surface area contributed by atoms with Gasteiger partial charge in [0.25, 0.3) is 11.4 Å². The topological polar surface area (TPSA) is 145 Å². The van der Waals surface area contributed by atoms with Crippen LogP contribution in [-0.2, 0) is 22.7 Å². The van der Waals surface area contributed by atoms with Crippen molar-refractivity contribution >= 4 is 42.0 Å². The maximum Gasteiger partial charge on any atom is 0.429 e. The van der Waals surface area contributed by atoms with Gasteiger partial charge in [0.05, 0.1) is 22.9 Å². The lowest BCUT2D eigenvalue weighted by Gasteiger charge is -2.37. The summed E-state index contributed by atoms with van der Waals surface area (Å²) in [6, 6.07) is 11.3. The van der Waals surface area contributed by atoms with Crippen LogP contribution in [0.5, 0.6) is 0 Å². The molecule has 12 nitrogen and oxygen atoms in total. The van der Waals surface area contributed by atoms with Crippen molar-refractivity contribution in [2.45, 2.75) is 57.4 Å². The van der Waals surface area contributed by atoms with Crippen LogP contribution in [0.15, 0.2) is 48.5 Å². The molecule has 2 amide bonds. The Balaban J connectivity index is 1.70. The molecule has 0 aromatic heterocycles. The highest BCUT2D eigenvalue weighted by Crippen LogP contribution is 2.46. The molecule has 0 saturated carbocycles. The number of non-ortho nitro benzene ring substituents is 2. The SMILES string of the molecule is CC(C)(C)[Si](C)(C)SC1CN(C(=O)OCc2ccc([N+](=O)[O-])cc2)N(C(=O)OCc2ccc([N+](=O)[O-])cc2)C1. The van der Waals surface area contributed by atoms with Crippen LogP contribution in [0.2, 0.25) is 18.1 Å². The van der Waals surface area contributed by atoms with Crippen LogP contribution in [0.4, 0.5) is 21.0 Å². The monoisotopic (exact) mass is 576 g/mol. The lowest BCUT2D eigenvalue weighted by Crippen LogP contribution is -2.45. The molecule has 0 atom stereocenters. The van der Waals surface area contributed by atoms with Crippen molar-refractivity contribution in [3.63, 3.8) is 0 Å². The Kier molecular flexibility index (Phi) is 9.22. The average Bonchev–Trinajstić information content (AvgIpc) is 3.29. The molecule has 2 aromatic carbocycles. The summed E-state index contributed by atoms with van der Waals surface area (Å²) >= 11 is 1.81. The Bertz CT molecular complexity index is 1140. The van der Waals surface area contributed by atoms with E-state index in [1.54, 1.807) is 0 Å². The van der Waals surface area contributed by atoms with Gasteiger partial charge < -0.3 is 9.47 Å². The molecule has 1 saturated heterocycles. The van der Waals surface area contributed by atoms with Crippen LogP contribution in [0.25, 0.3) is 0 Å². The number of hydrogen-bond acceptors (Lipinski definition) is 9. The molecular formula is C25H32N4O8SSi. The van der Waals surface area contributed by atoms with Crippen molar-refractivity contribution in [3.05, 3.63) is 79.9 Å². The molecule has 1 fully saturated rings. The minimum atomic E-state index is -1.82. The summed E-state index contributed by atoms with van der Waals surface area (Å²) < 4.78 is 10.9. The minimum absolute atomic E-state index is 0.0512. The maximum absolute atomic E-state index is 13.1. The van der Waals surface area contributed by atoms with E-state index in [-0.39, 0.29) is 48.0 Å². The van der Waals surface area contributed by atoms with E-state index in [1.165, 1.54) is 58.5 Å². The highest BCUT2D eigenvalue weighted by atomic mass is 32.4. The van der Waals surface area contributed by atoms with E-state index in [2.05, 4.69) is 33.9 Å². The summed E-state index contributed by atoms with van der Waals surface area (Å²) in [7, 11) is -1.82. The van der Waals surface area contributed by atoms with Gasteiger partial charge in [-0.1, -0.05) is 33.9 Å². The molecule has 210 valence electrons. The molecule has 0 unspecified atom stereocenters. The Morgan fingerprint density at radius 3 is 1.51 bits per heavy atom. The zero-order valence-electron chi connectivity index (χ0n) is 22.5. The van der Waals surface area contributed by atoms with Crippen molar-refractivity contribution in [2.75, 3.05) is 13.1 Å². The summed E-state index contributed by atoms with van der Waals surface area (Å²) in [5.74, 6) is 0. The summed E-state index contributed by atoms with van der Waals surface area (Å²) in [6.45, 7) is 11.3. The van der Waals surface area contributed by atoms with Gasteiger partial charge in [-0.05, 0) is 40.4 Å². The molecule has 0 spiro atoms. The van der Waals surface area contributed by atoms with E-state index < -0.39 is 29.3 Å². The number of hydrogen-bond donors (Lipinski definition) is 0. The molecule has 1 aliphatic heterocycles. The normalized spacial score (nSPS) is 14.3. The molecule has 14 heteroatoms. The van der Waals surface area contributed by atoms with E-state index in [0.717, 1.165) is 0 Å². The molecule has 1 aliphatic rings. The quantitative estimate of drug-likeness (QED) is 0.206. The highest BCUT2D eigenvalue weighted by Gasteiger charge is 2.44. The largest absolute Gasteiger partial charge is 0.443 e. The number of rotatable bonds is 8. The summed E-state index contributed by atoms with van der Waals surface area (Å²) in [5, 5.41) is 24.2. The number of ether oxygens (including phenoxy) is 2. The van der Waals surface area contributed by atoms with E-state index in [1.807, 2.05) is 11.2 Å². The number of nitro benzene ring substituents is 2. The molecule has 2 aromatic rings. The third kappa shape index (κ3) is 7.69. The van der Waals surface area contributed by atoms with Gasteiger partial charge in [0.2, 0.25) is 0 Å². The minimum Gasteiger partial charge on any atom is -0.443 e. The van der Waals surface area contributed by atoms with Crippen LogP contribution >= 0.6 is 11.2 Å². The second kappa shape index (κ2) is 12.0. The molecule has 0 bridgehead atoms. The van der Waals surface area contributed by atoms with Gasteiger partial charge in [0, 0.05) is 29.5 Å². The van der Waals surface area contributed by atoms with Crippen molar-refractivity contribution in [1.82, 2.24) is 10.0 Å². The van der Waals surface area contributed by atoms with Gasteiger partial charge in [-0.3, -0.25) is 20.2 Å². The molecule has 3 rings (SSSR count). The first-order valence-electron chi connectivity index (χ1n) is 12.2. The highest BCUT2D eigenvalue weighted by molar-refractivity contribution is 8.29. The number of carbonyl (C=O) groups is 2. The van der Waals surface area contributed by atoms with E-state index >= 15 is 0 Å². The predicted molar refractivity (Wildman–Crippen MR) is 149 cm³/mol. The number of hydrazine groups is 1. The van der Waals surface area contributed by atoms with Gasteiger partial charge in [-0.25, -0.2) is 19.6 Å². The predicted octanol–water partition coefficient (Wildman–Crippen LogP) is 6.12. The molecule has 0 radical (unpaired) electrons. The van der Waals surface area contributed by atoms with Crippen molar-refractivity contribution in [3.8, 4) is 0 Å². The fourth-order valence-electron chi connectivity index (χ4n) is 3.52. The number of nitro groups is 2. The van der Waals surface area contributed by atoms with E-state index in [9.17, 15) is 29.8 Å². The molecule has 0 aliphatic carbocycles. The Morgan fingerprint density at radius 1 is 0.846 bits per heavy atom. The van der Waals surface area contributed by atoms with Gasteiger partial charge in [-0.2, -0.15) is 11.2 Å². The van der Waals surface area contributed by atoms with E-state index in [4.69, 9.17) is 9.47 Å². The van der Waals surface area contributed by atoms with Crippen LogP contribution < -0.4 is 0 Å². The second-order valence-corrected chi connectivity index (χ2v) is 19.8. The number of carbonyl (C=O) groups excluding carboxylic acids is 2. The number of amides is 2. The molecular weight excluding hydrogens is 544 g/mol. The van der Waals surface area contributed by atoms with E-state index in [0.29, 0.717) is 11.1 Å². The van der Waals surface area contributed by atoms with Crippen molar-refractivity contribution < 1.29 is 28.9 Å². The number of nitrogens with zero attached hydrogens (tertiary/aromatic N) is 4. The van der Waals surface area contributed by atoms with Crippen molar-refractivity contribution in [1.29, 1.82) is 0 Å². The van der Waals surface area contributed by atoms with Crippen molar-refractivity contribution in [2.24, 2.45) is 0 Å². The molecule has 0 N–H and O–H groups in total. The third-order valence-corrected chi connectivity index (χ3v) is 16.2. The summed E-state index contributed by atoms with van der Waals surface area (Å²) in [5.41, 5.74) is 0.981. The second-order valence-electron chi connectivity index (χ2n) is 10.6. The van der Waals surface area contributed by atoms with Gasteiger partial charge in [0.15, 0.2) is 0 Å². The zero-order chi connectivity index (χ0) is 29.0. The first-order chi connectivity index (χ1) is 18.2. The van der Waals surface area contributed by atoms with Gasteiger partial charge >= 0.3 is 12.2 Å². The molecule has 39 heavy (non-hydrogen) atoms. The average molecular weight is 577 g/mol. The standard InChI is InChI=1S/C25H32N4O8SSi/c1-25(2,3)39(4,5)38-22-14-26(23(30)36-16-18-6-10-20(11-7-18)28(32)33)27(15-22)24(31)37-17-19-8-12-21(13-9-19)29(34)35/h6-13,22H,14-17H2,1-5H3. The third-order valence-electron chi connectivity index (χ3n) is 6.75. The first-order valence-corrected chi connectivity index (χ1v) is 16.8. The fraction of sp³-hybridized carbons (Fsp3) is 0.440. The Morgan fingerprint density at radius 2 is 1.21 bits per heavy atom. The maximum atomic E-state index is 13.1. The zero-order valence-corrected chi connectivity index (χ0v) is 24.3. The van der Waals surface area contributed by atoms with Gasteiger partial charge in [-0.15, -0.1) is 0 Å². The Labute approximate surface area is 231 Å². The molecule has 1 heterocycles. The van der Waals surface area contributed by atoms with Crippen LogP contribution in [0.1, 0.15) is 31.9 Å². The first kappa shape index (κ1) is 29.9. The summed E-state index contributed by atoms with van der Waals surface area (Å²) in [6.07, 6.45) is -1.47. The lowest BCUT2D eigenvalue weighted by molar-refractivity contribution is -0.385.